The quantitative estimate of drug-likeness (QED) is 0.617. The van der Waals surface area contributed by atoms with Crippen molar-refractivity contribution in [3.8, 4) is 0 Å². The monoisotopic (exact) mass is 305 g/mol. The molecule has 19 heavy (non-hydrogen) atoms. The van der Waals surface area contributed by atoms with Crippen molar-refractivity contribution in [2.24, 2.45) is 0 Å². The molecule has 0 aliphatic heterocycles. The van der Waals surface area contributed by atoms with Gasteiger partial charge in [-0.15, -0.1) is 0 Å². The molecule has 1 heterocycles. The lowest BCUT2D eigenvalue weighted by atomic mass is 10.4. The average Bonchev–Trinajstić information content (AvgIpc) is 2.85. The van der Waals surface area contributed by atoms with Crippen LogP contribution < -0.4 is 10.0 Å². The molecule has 1 aromatic rings. The molecule has 0 atom stereocenters. The Morgan fingerprint density at radius 2 is 2.16 bits per heavy atom. The summed E-state index contributed by atoms with van der Waals surface area (Å²) in [5, 5.41) is 14.0. The van der Waals surface area contributed by atoms with E-state index in [9.17, 15) is 18.5 Å². The molecule has 0 spiro atoms. The molecule has 9 heteroatoms. The molecule has 2 rings (SSSR count). The normalized spacial score (nSPS) is 17.2. The fraction of sp³-hybridized carbons (Fsp3) is 0.600. The van der Waals surface area contributed by atoms with Crippen LogP contribution in [0, 0.1) is 10.1 Å². The minimum absolute atomic E-state index is 0.0247. The molecule has 1 aromatic heterocycles. The van der Waals surface area contributed by atoms with E-state index in [1.165, 1.54) is 0 Å². The minimum Gasteiger partial charge on any atom is -0.372 e. The number of nitro groups is 1. The highest BCUT2D eigenvalue weighted by atomic mass is 32.2. The number of anilines is 1. The van der Waals surface area contributed by atoms with E-state index in [-0.39, 0.29) is 14.9 Å². The van der Waals surface area contributed by atoms with Gasteiger partial charge in [-0.25, -0.2) is 13.1 Å². The smallest absolute Gasteiger partial charge is 0.304 e. The Morgan fingerprint density at radius 1 is 1.53 bits per heavy atom. The molecule has 0 radical (unpaired) electrons. The molecule has 7 nitrogen and oxygen atoms in total. The maximum Gasteiger partial charge on any atom is 0.304 e. The van der Waals surface area contributed by atoms with Crippen molar-refractivity contribution >= 4 is 32.0 Å². The van der Waals surface area contributed by atoms with Crippen LogP contribution in [0.1, 0.15) is 26.7 Å². The van der Waals surface area contributed by atoms with Crippen molar-refractivity contribution in [3.05, 3.63) is 16.2 Å². The topological polar surface area (TPSA) is 101 Å². The third-order valence-electron chi connectivity index (χ3n) is 2.87. The Morgan fingerprint density at radius 3 is 2.63 bits per heavy atom. The van der Waals surface area contributed by atoms with Gasteiger partial charge < -0.3 is 5.32 Å². The second-order valence-electron chi connectivity index (χ2n) is 4.73. The summed E-state index contributed by atoms with van der Waals surface area (Å²) in [5.74, 6) is 0. The number of sulfonamides is 1. The summed E-state index contributed by atoms with van der Waals surface area (Å²) in [6.07, 6.45) is 1.58. The fourth-order valence-corrected chi connectivity index (χ4v) is 4.44. The average molecular weight is 305 g/mol. The number of hydrogen-bond acceptors (Lipinski definition) is 6. The van der Waals surface area contributed by atoms with Gasteiger partial charge in [-0.1, -0.05) is 11.3 Å². The van der Waals surface area contributed by atoms with Gasteiger partial charge in [-0.3, -0.25) is 10.1 Å². The highest BCUT2D eigenvalue weighted by molar-refractivity contribution is 7.91. The van der Waals surface area contributed by atoms with Gasteiger partial charge in [0, 0.05) is 18.2 Å². The molecule has 0 aromatic carbocycles. The highest BCUT2D eigenvalue weighted by Gasteiger charge is 2.42. The predicted octanol–water partition coefficient (Wildman–Crippen LogP) is 1.92. The number of nitrogens with one attached hydrogen (secondary N) is 2. The zero-order chi connectivity index (χ0) is 14.3. The molecule has 2 N–H and O–H groups in total. The fourth-order valence-electron chi connectivity index (χ4n) is 1.58. The largest absolute Gasteiger partial charge is 0.372 e. The summed E-state index contributed by atoms with van der Waals surface area (Å²) < 4.78 is 26.8. The van der Waals surface area contributed by atoms with Crippen LogP contribution in [0.4, 0.5) is 10.7 Å². The number of nitrogens with zero attached hydrogens (tertiary/aromatic N) is 1. The van der Waals surface area contributed by atoms with Gasteiger partial charge in [-0.05, 0) is 26.7 Å². The zero-order valence-electron chi connectivity index (χ0n) is 10.6. The molecule has 0 amide bonds. The Bertz CT molecular complexity index is 604. The van der Waals surface area contributed by atoms with Crippen molar-refractivity contribution in [1.29, 1.82) is 0 Å². The van der Waals surface area contributed by atoms with Crippen molar-refractivity contribution in [2.45, 2.75) is 36.4 Å². The van der Waals surface area contributed by atoms with Gasteiger partial charge >= 0.3 is 5.69 Å². The Labute approximate surface area is 115 Å². The first-order valence-electron chi connectivity index (χ1n) is 5.83. The van der Waals surface area contributed by atoms with Crippen LogP contribution in [0.3, 0.4) is 0 Å². The van der Waals surface area contributed by atoms with Crippen LogP contribution in [-0.4, -0.2) is 25.4 Å². The molecule has 1 fully saturated rings. The Hall–Kier alpha value is -1.19. The maximum absolute atomic E-state index is 12.1. The van der Waals surface area contributed by atoms with Gasteiger partial charge in [0.1, 0.15) is 4.21 Å². The van der Waals surface area contributed by atoms with E-state index in [1.807, 2.05) is 6.92 Å². The van der Waals surface area contributed by atoms with Crippen LogP contribution >= 0.6 is 11.3 Å². The maximum atomic E-state index is 12.1. The minimum atomic E-state index is -3.68. The lowest BCUT2D eigenvalue weighted by Crippen LogP contribution is -2.33. The van der Waals surface area contributed by atoms with Crippen molar-refractivity contribution < 1.29 is 13.3 Å². The summed E-state index contributed by atoms with van der Waals surface area (Å²) in [6, 6.07) is 1.11. The van der Waals surface area contributed by atoms with Crippen molar-refractivity contribution in [3.63, 3.8) is 0 Å². The van der Waals surface area contributed by atoms with Crippen LogP contribution in [-0.2, 0) is 10.0 Å². The van der Waals surface area contributed by atoms with E-state index < -0.39 is 20.5 Å². The molecule has 0 unspecified atom stereocenters. The van der Waals surface area contributed by atoms with Crippen LogP contribution in [0.2, 0.25) is 0 Å². The third-order valence-corrected chi connectivity index (χ3v) is 6.06. The molecular formula is C10H15N3O4S2. The third kappa shape index (κ3) is 3.04. The van der Waals surface area contributed by atoms with Crippen LogP contribution in [0.5, 0.6) is 0 Å². The van der Waals surface area contributed by atoms with E-state index in [1.54, 1.807) is 6.92 Å². The van der Waals surface area contributed by atoms with Gasteiger partial charge in [0.05, 0.1) is 4.92 Å². The van der Waals surface area contributed by atoms with Gasteiger partial charge in [-0.2, -0.15) is 0 Å². The molecule has 1 saturated carbocycles. The Kier molecular flexibility index (Phi) is 3.54. The van der Waals surface area contributed by atoms with E-state index >= 15 is 0 Å². The lowest BCUT2D eigenvalue weighted by molar-refractivity contribution is -0.383. The van der Waals surface area contributed by atoms with Gasteiger partial charge in [0.15, 0.2) is 5.00 Å². The SMILES string of the molecule is CCNc1sc(S(=O)(=O)NC2(C)CC2)cc1[N+](=O)[O-]. The first-order valence-corrected chi connectivity index (χ1v) is 8.13. The van der Waals surface area contributed by atoms with E-state index in [2.05, 4.69) is 10.0 Å². The first-order chi connectivity index (χ1) is 8.77. The zero-order valence-corrected chi connectivity index (χ0v) is 12.2. The standard InChI is InChI=1S/C10H15N3O4S2/c1-3-11-9-7(13(14)15)6-8(18-9)19(16,17)12-10(2)4-5-10/h6,11-12H,3-5H2,1-2H3. The number of thiophene rings is 1. The van der Waals surface area contributed by atoms with Crippen molar-refractivity contribution in [1.82, 2.24) is 4.72 Å². The summed E-state index contributed by atoms with van der Waals surface area (Å²) in [6.45, 7) is 4.10. The lowest BCUT2D eigenvalue weighted by Gasteiger charge is -2.09. The molecular weight excluding hydrogens is 290 g/mol. The molecule has 1 aliphatic carbocycles. The number of hydrogen-bond donors (Lipinski definition) is 2. The molecule has 0 saturated heterocycles. The summed E-state index contributed by atoms with van der Waals surface area (Å²) in [4.78, 5) is 10.3. The van der Waals surface area contributed by atoms with Gasteiger partial charge in [0.25, 0.3) is 10.0 Å². The Balaban J connectivity index is 2.34. The van der Waals surface area contributed by atoms with Crippen LogP contribution in [0.15, 0.2) is 10.3 Å². The summed E-state index contributed by atoms with van der Waals surface area (Å²) in [5.41, 5.74) is -0.594. The summed E-state index contributed by atoms with van der Waals surface area (Å²) >= 11 is 0.885. The second-order valence-corrected chi connectivity index (χ2v) is 7.69. The molecule has 106 valence electrons. The van der Waals surface area contributed by atoms with E-state index in [0.717, 1.165) is 30.2 Å². The first kappa shape index (κ1) is 14.2. The molecule has 0 bridgehead atoms. The van der Waals surface area contributed by atoms with Gasteiger partial charge in [0.2, 0.25) is 0 Å². The van der Waals surface area contributed by atoms with E-state index in [4.69, 9.17) is 0 Å². The second kappa shape index (κ2) is 4.73. The molecule has 1 aliphatic rings. The highest BCUT2D eigenvalue weighted by Crippen LogP contribution is 2.40. The van der Waals surface area contributed by atoms with Crippen LogP contribution in [0.25, 0.3) is 0 Å². The predicted molar refractivity (Wildman–Crippen MR) is 73.1 cm³/mol. The number of rotatable bonds is 6. The van der Waals surface area contributed by atoms with E-state index in [0.29, 0.717) is 6.54 Å². The summed E-state index contributed by atoms with van der Waals surface area (Å²) in [7, 11) is -3.68. The van der Waals surface area contributed by atoms with Crippen molar-refractivity contribution in [2.75, 3.05) is 11.9 Å².